The largest absolute Gasteiger partial charge is 0.377 e. The number of nitriles is 1. The molecule has 112 valence electrons. The molecule has 1 aliphatic rings. The molecular weight excluding hydrogens is 275 g/mol. The minimum absolute atomic E-state index is 0.100. The number of nitro benzene ring substituents is 1. The monoisotopic (exact) mass is 292 g/mol. The third kappa shape index (κ3) is 3.67. The zero-order valence-corrected chi connectivity index (χ0v) is 11.8. The van der Waals surface area contributed by atoms with E-state index in [4.69, 9.17) is 5.26 Å². The summed E-state index contributed by atoms with van der Waals surface area (Å²) in [7, 11) is 0. The number of nitrogens with one attached hydrogen (secondary N) is 1. The van der Waals surface area contributed by atoms with E-state index >= 15 is 0 Å². The molecule has 1 aliphatic heterocycles. The van der Waals surface area contributed by atoms with Crippen molar-refractivity contribution in [3.8, 4) is 6.07 Å². The summed E-state index contributed by atoms with van der Waals surface area (Å²) in [5, 5.41) is 22.8. The second-order valence-electron chi connectivity index (χ2n) is 5.23. The zero-order valence-electron chi connectivity index (χ0n) is 11.8. The molecule has 1 aromatic rings. The van der Waals surface area contributed by atoms with Crippen LogP contribution in [0.2, 0.25) is 0 Å². The molecular formula is C14H17FN4O2. The summed E-state index contributed by atoms with van der Waals surface area (Å²) in [5.74, 6) is -0.573. The molecule has 7 heteroatoms. The van der Waals surface area contributed by atoms with Gasteiger partial charge in [-0.15, -0.1) is 0 Å². The molecule has 21 heavy (non-hydrogen) atoms. The number of hydrogen-bond donors (Lipinski definition) is 1. The van der Waals surface area contributed by atoms with Crippen molar-refractivity contribution in [2.24, 2.45) is 0 Å². The minimum Gasteiger partial charge on any atom is -0.377 e. The molecule has 2 rings (SSSR count). The Morgan fingerprint density at radius 1 is 1.52 bits per heavy atom. The van der Waals surface area contributed by atoms with E-state index in [0.717, 1.165) is 32.0 Å². The quantitative estimate of drug-likeness (QED) is 0.523. The molecule has 0 saturated carbocycles. The molecule has 6 nitrogen and oxygen atoms in total. The standard InChI is InChI=1S/C14H17FN4O2/c1-10-8-13(14(19(20)21)9-12(10)15)17-11-2-5-18(6-3-11)7-4-16/h8-9,11,17H,2-3,5-7H2,1H3. The van der Waals surface area contributed by atoms with Gasteiger partial charge in [0.1, 0.15) is 11.5 Å². The van der Waals surface area contributed by atoms with Gasteiger partial charge in [-0.05, 0) is 31.4 Å². The molecule has 1 N–H and O–H groups in total. The van der Waals surface area contributed by atoms with Gasteiger partial charge in [0.2, 0.25) is 0 Å². The number of aryl methyl sites for hydroxylation is 1. The van der Waals surface area contributed by atoms with Gasteiger partial charge >= 0.3 is 0 Å². The maximum atomic E-state index is 13.5. The summed E-state index contributed by atoms with van der Waals surface area (Å²) in [6, 6.07) is 4.66. The van der Waals surface area contributed by atoms with Crippen molar-refractivity contribution in [3.05, 3.63) is 33.6 Å². The lowest BCUT2D eigenvalue weighted by Crippen LogP contribution is -2.39. The minimum atomic E-state index is -0.574. The summed E-state index contributed by atoms with van der Waals surface area (Å²) in [6.07, 6.45) is 1.60. The van der Waals surface area contributed by atoms with Gasteiger partial charge in [-0.2, -0.15) is 5.26 Å². The molecule has 0 aliphatic carbocycles. The van der Waals surface area contributed by atoms with Gasteiger partial charge in [-0.3, -0.25) is 15.0 Å². The number of hydrogen-bond acceptors (Lipinski definition) is 5. The Morgan fingerprint density at radius 3 is 2.76 bits per heavy atom. The summed E-state index contributed by atoms with van der Waals surface area (Å²) >= 11 is 0. The van der Waals surface area contributed by atoms with E-state index < -0.39 is 10.7 Å². The maximum absolute atomic E-state index is 13.5. The molecule has 1 heterocycles. The molecule has 0 bridgehead atoms. The molecule has 0 atom stereocenters. The van der Waals surface area contributed by atoms with Crippen LogP contribution in [0.25, 0.3) is 0 Å². The fraction of sp³-hybridized carbons (Fsp3) is 0.500. The van der Waals surface area contributed by atoms with Crippen molar-refractivity contribution in [3.63, 3.8) is 0 Å². The highest BCUT2D eigenvalue weighted by Crippen LogP contribution is 2.29. The first-order valence-corrected chi connectivity index (χ1v) is 6.81. The molecule has 0 spiro atoms. The summed E-state index contributed by atoms with van der Waals surface area (Å²) in [4.78, 5) is 12.5. The van der Waals surface area contributed by atoms with Crippen LogP contribution in [0.4, 0.5) is 15.8 Å². The molecule has 1 saturated heterocycles. The third-order valence-electron chi connectivity index (χ3n) is 3.72. The lowest BCUT2D eigenvalue weighted by atomic mass is 10.0. The van der Waals surface area contributed by atoms with Crippen LogP contribution in [0.1, 0.15) is 18.4 Å². The highest BCUT2D eigenvalue weighted by molar-refractivity contribution is 5.63. The van der Waals surface area contributed by atoms with E-state index in [1.165, 1.54) is 6.07 Å². The van der Waals surface area contributed by atoms with E-state index in [0.29, 0.717) is 17.8 Å². The normalized spacial score (nSPS) is 16.4. The molecule has 1 fully saturated rings. The first kappa shape index (κ1) is 15.2. The van der Waals surface area contributed by atoms with Crippen LogP contribution in [-0.4, -0.2) is 35.5 Å². The molecule has 0 aromatic heterocycles. The first-order valence-electron chi connectivity index (χ1n) is 6.81. The van der Waals surface area contributed by atoms with Gasteiger partial charge in [0.25, 0.3) is 5.69 Å². The van der Waals surface area contributed by atoms with Crippen molar-refractivity contribution in [2.75, 3.05) is 25.0 Å². The predicted octanol–water partition coefficient (Wildman–Crippen LogP) is 2.44. The SMILES string of the molecule is Cc1cc(NC2CCN(CC#N)CC2)c([N+](=O)[O-])cc1F. The van der Waals surface area contributed by atoms with Gasteiger partial charge in [0, 0.05) is 19.1 Å². The van der Waals surface area contributed by atoms with Crippen LogP contribution < -0.4 is 5.32 Å². The summed E-state index contributed by atoms with van der Waals surface area (Å²) in [6.45, 7) is 3.54. The van der Waals surface area contributed by atoms with Gasteiger partial charge in [-0.25, -0.2) is 4.39 Å². The molecule has 1 aromatic carbocycles. The number of halogens is 1. The van der Waals surface area contributed by atoms with E-state index in [1.807, 2.05) is 4.90 Å². The Morgan fingerprint density at radius 2 is 2.19 bits per heavy atom. The number of benzene rings is 1. The average molecular weight is 292 g/mol. The van der Waals surface area contributed by atoms with Crippen LogP contribution in [-0.2, 0) is 0 Å². The van der Waals surface area contributed by atoms with Crippen LogP contribution in [0.3, 0.4) is 0 Å². The highest BCUT2D eigenvalue weighted by atomic mass is 19.1. The van der Waals surface area contributed by atoms with Gasteiger partial charge < -0.3 is 5.32 Å². The van der Waals surface area contributed by atoms with Crippen LogP contribution in [0, 0.1) is 34.2 Å². The van der Waals surface area contributed by atoms with E-state index in [9.17, 15) is 14.5 Å². The Labute approximate surface area is 122 Å². The second kappa shape index (κ2) is 6.50. The number of likely N-dealkylation sites (tertiary alicyclic amines) is 1. The predicted molar refractivity (Wildman–Crippen MR) is 76.5 cm³/mol. The number of nitrogens with zero attached hydrogens (tertiary/aromatic N) is 3. The van der Waals surface area contributed by atoms with Crippen molar-refractivity contribution in [2.45, 2.75) is 25.8 Å². The second-order valence-corrected chi connectivity index (χ2v) is 5.23. The summed E-state index contributed by atoms with van der Waals surface area (Å²) in [5.41, 5.74) is 0.500. The van der Waals surface area contributed by atoms with Gasteiger partial charge in [0.15, 0.2) is 0 Å². The fourth-order valence-corrected chi connectivity index (χ4v) is 2.49. The number of anilines is 1. The summed E-state index contributed by atoms with van der Waals surface area (Å²) < 4.78 is 13.5. The van der Waals surface area contributed by atoms with Crippen LogP contribution in [0.5, 0.6) is 0 Å². The number of rotatable bonds is 4. The maximum Gasteiger partial charge on any atom is 0.295 e. The van der Waals surface area contributed by atoms with Crippen LogP contribution >= 0.6 is 0 Å². The van der Waals surface area contributed by atoms with Crippen molar-refractivity contribution in [1.29, 1.82) is 5.26 Å². The molecule has 0 amide bonds. The Kier molecular flexibility index (Phi) is 4.70. The third-order valence-corrected chi connectivity index (χ3v) is 3.72. The zero-order chi connectivity index (χ0) is 15.4. The van der Waals surface area contributed by atoms with Gasteiger partial charge in [-0.1, -0.05) is 0 Å². The molecule has 0 radical (unpaired) electrons. The topological polar surface area (TPSA) is 82.2 Å². The van der Waals surface area contributed by atoms with Crippen molar-refractivity contribution < 1.29 is 9.31 Å². The highest BCUT2D eigenvalue weighted by Gasteiger charge is 2.23. The van der Waals surface area contributed by atoms with Crippen LogP contribution in [0.15, 0.2) is 12.1 Å². The lowest BCUT2D eigenvalue weighted by molar-refractivity contribution is -0.384. The van der Waals surface area contributed by atoms with E-state index in [1.54, 1.807) is 6.92 Å². The van der Waals surface area contributed by atoms with Crippen molar-refractivity contribution >= 4 is 11.4 Å². The smallest absolute Gasteiger partial charge is 0.295 e. The van der Waals surface area contributed by atoms with Gasteiger partial charge in [0.05, 0.1) is 23.6 Å². The Bertz CT molecular complexity index is 577. The molecule has 0 unspecified atom stereocenters. The number of nitro groups is 1. The number of piperidine rings is 1. The Balaban J connectivity index is 2.08. The van der Waals surface area contributed by atoms with E-state index in [2.05, 4.69) is 11.4 Å². The fourth-order valence-electron chi connectivity index (χ4n) is 2.49. The lowest BCUT2D eigenvalue weighted by Gasteiger charge is -2.31. The average Bonchev–Trinajstić information content (AvgIpc) is 2.44. The van der Waals surface area contributed by atoms with Crippen molar-refractivity contribution in [1.82, 2.24) is 4.90 Å². The first-order chi connectivity index (χ1) is 10.0. The Hall–Kier alpha value is -2.20. The van der Waals surface area contributed by atoms with E-state index in [-0.39, 0.29) is 11.7 Å².